The number of hydrogen-bond donors (Lipinski definition) is 1. The summed E-state index contributed by atoms with van der Waals surface area (Å²) in [4.78, 5) is 0.0777. The molecule has 1 saturated carbocycles. The summed E-state index contributed by atoms with van der Waals surface area (Å²) in [6, 6.07) is 6.55. The molecule has 1 fully saturated rings. The number of nitrogens with one attached hydrogen (secondary N) is 1. The van der Waals surface area contributed by atoms with Crippen LogP contribution in [0, 0.1) is 17.2 Å². The minimum Gasteiger partial charge on any atom is -0.486 e. The summed E-state index contributed by atoms with van der Waals surface area (Å²) in [5.74, 6) is 1.02. The Morgan fingerprint density at radius 1 is 1.29 bits per heavy atom. The maximum atomic E-state index is 12.5. The number of sulfonamides is 1. The van der Waals surface area contributed by atoms with Gasteiger partial charge in [0.1, 0.15) is 18.8 Å². The number of hydrogen-bond acceptors (Lipinski definition) is 5. The second-order valence-corrected chi connectivity index (χ2v) is 7.18. The second kappa shape index (κ2) is 4.90. The van der Waals surface area contributed by atoms with Gasteiger partial charge in [-0.15, -0.1) is 0 Å². The molecule has 0 unspecified atom stereocenters. The molecule has 1 aromatic rings. The van der Waals surface area contributed by atoms with Gasteiger partial charge >= 0.3 is 0 Å². The third-order valence-corrected chi connectivity index (χ3v) is 5.36. The van der Waals surface area contributed by atoms with Gasteiger partial charge in [-0.1, -0.05) is 0 Å². The van der Waals surface area contributed by atoms with Crippen LogP contribution in [0.5, 0.6) is 11.5 Å². The number of fused-ring (bicyclic) bond motifs is 1. The quantitative estimate of drug-likeness (QED) is 0.909. The monoisotopic (exact) mass is 308 g/mol. The summed E-state index contributed by atoms with van der Waals surface area (Å²) < 4.78 is 38.2. The molecule has 1 atom stereocenters. The molecule has 1 aliphatic heterocycles. The normalized spacial score (nSPS) is 20.4. The predicted molar refractivity (Wildman–Crippen MR) is 74.5 cm³/mol. The molecule has 21 heavy (non-hydrogen) atoms. The first-order valence-electron chi connectivity index (χ1n) is 6.79. The fraction of sp³-hybridized carbons (Fsp3) is 0.500. The van der Waals surface area contributed by atoms with Crippen molar-refractivity contribution in [3.8, 4) is 17.6 Å². The minimum atomic E-state index is -3.78. The van der Waals surface area contributed by atoms with Crippen molar-refractivity contribution < 1.29 is 17.9 Å². The van der Waals surface area contributed by atoms with Crippen LogP contribution in [0.2, 0.25) is 0 Å². The van der Waals surface area contributed by atoms with Crippen LogP contribution in [0.4, 0.5) is 0 Å². The Morgan fingerprint density at radius 3 is 2.57 bits per heavy atom. The number of nitriles is 1. The molecule has 1 aliphatic carbocycles. The van der Waals surface area contributed by atoms with Crippen molar-refractivity contribution in [2.75, 3.05) is 13.2 Å². The molecule has 0 amide bonds. The molecule has 3 rings (SSSR count). The lowest BCUT2D eigenvalue weighted by molar-refractivity contribution is 0.171. The predicted octanol–water partition coefficient (Wildman–Crippen LogP) is 1.43. The molecule has 2 aliphatic rings. The molecule has 6 nitrogen and oxygen atoms in total. The van der Waals surface area contributed by atoms with Gasteiger partial charge in [-0.3, -0.25) is 0 Å². The molecule has 0 aromatic heterocycles. The van der Waals surface area contributed by atoms with Crippen molar-refractivity contribution in [3.63, 3.8) is 0 Å². The average Bonchev–Trinajstić information content (AvgIpc) is 3.31. The first-order valence-corrected chi connectivity index (χ1v) is 8.28. The Balaban J connectivity index is 1.90. The highest BCUT2D eigenvalue weighted by Gasteiger charge is 2.44. The van der Waals surface area contributed by atoms with E-state index in [1.54, 1.807) is 13.0 Å². The number of ether oxygens (including phenoxy) is 2. The third-order valence-electron chi connectivity index (χ3n) is 3.80. The van der Waals surface area contributed by atoms with Gasteiger partial charge in [-0.25, -0.2) is 8.42 Å². The molecule has 1 N–H and O–H groups in total. The van der Waals surface area contributed by atoms with Crippen molar-refractivity contribution >= 4 is 10.0 Å². The summed E-state index contributed by atoms with van der Waals surface area (Å²) in [5.41, 5.74) is -1.06. The lowest BCUT2D eigenvalue weighted by atomic mass is 10.0. The first-order chi connectivity index (χ1) is 9.94. The lowest BCUT2D eigenvalue weighted by Crippen LogP contribution is -2.46. The summed E-state index contributed by atoms with van der Waals surface area (Å²) in [6.45, 7) is 2.47. The van der Waals surface area contributed by atoms with E-state index < -0.39 is 15.6 Å². The number of nitrogens with zero attached hydrogens (tertiary/aromatic N) is 1. The minimum absolute atomic E-state index is 0.0777. The second-order valence-electron chi connectivity index (χ2n) is 5.50. The Bertz CT molecular complexity index is 706. The van der Waals surface area contributed by atoms with Gasteiger partial charge in [0.25, 0.3) is 0 Å². The van der Waals surface area contributed by atoms with Crippen molar-refractivity contribution in [2.24, 2.45) is 5.92 Å². The molecule has 0 spiro atoms. The lowest BCUT2D eigenvalue weighted by Gasteiger charge is -2.23. The van der Waals surface area contributed by atoms with E-state index in [2.05, 4.69) is 10.8 Å². The summed E-state index contributed by atoms with van der Waals surface area (Å²) >= 11 is 0. The number of benzene rings is 1. The zero-order valence-corrected chi connectivity index (χ0v) is 12.4. The van der Waals surface area contributed by atoms with Crippen molar-refractivity contribution in [2.45, 2.75) is 30.2 Å². The highest BCUT2D eigenvalue weighted by Crippen LogP contribution is 2.40. The van der Waals surface area contributed by atoms with Crippen molar-refractivity contribution in [3.05, 3.63) is 18.2 Å². The van der Waals surface area contributed by atoms with Crippen LogP contribution in [0.15, 0.2) is 23.1 Å². The van der Waals surface area contributed by atoms with Crippen LogP contribution >= 0.6 is 0 Å². The van der Waals surface area contributed by atoms with Gasteiger partial charge in [0.15, 0.2) is 11.5 Å². The van der Waals surface area contributed by atoms with E-state index in [0.717, 1.165) is 12.8 Å². The highest BCUT2D eigenvalue weighted by molar-refractivity contribution is 7.89. The standard InChI is InChI=1S/C14H16N2O4S/c1-14(9-15,10-2-3-10)16-21(17,18)11-4-5-12-13(8-11)20-7-6-19-12/h4-5,8,10,16H,2-3,6-7H2,1H3/t14-/m1/s1. The van der Waals surface area contributed by atoms with E-state index in [1.807, 2.05) is 0 Å². The van der Waals surface area contributed by atoms with E-state index in [-0.39, 0.29) is 10.8 Å². The molecule has 7 heteroatoms. The Kier molecular flexibility index (Phi) is 3.30. The van der Waals surface area contributed by atoms with Gasteiger partial charge in [0.05, 0.1) is 11.0 Å². The van der Waals surface area contributed by atoms with E-state index in [0.29, 0.717) is 24.7 Å². The molecular weight excluding hydrogens is 292 g/mol. The highest BCUT2D eigenvalue weighted by atomic mass is 32.2. The van der Waals surface area contributed by atoms with E-state index in [1.165, 1.54) is 12.1 Å². The Labute approximate surface area is 123 Å². The van der Waals surface area contributed by atoms with Gasteiger partial charge in [0.2, 0.25) is 10.0 Å². The molecule has 1 aromatic carbocycles. The summed E-state index contributed by atoms with van der Waals surface area (Å²) in [7, 11) is -3.78. The van der Waals surface area contributed by atoms with Gasteiger partial charge in [-0.05, 0) is 37.8 Å². The molecule has 0 saturated heterocycles. The first kappa shape index (κ1) is 14.2. The Morgan fingerprint density at radius 2 is 1.95 bits per heavy atom. The fourth-order valence-electron chi connectivity index (χ4n) is 2.39. The van der Waals surface area contributed by atoms with E-state index >= 15 is 0 Å². The SMILES string of the molecule is C[C@](C#N)(NS(=O)(=O)c1ccc2c(c1)OCCO2)C1CC1. The summed E-state index contributed by atoms with van der Waals surface area (Å²) in [5, 5.41) is 9.28. The Hall–Kier alpha value is -1.78. The van der Waals surface area contributed by atoms with Gasteiger partial charge in [0, 0.05) is 6.07 Å². The molecule has 112 valence electrons. The third kappa shape index (κ3) is 2.69. The van der Waals surface area contributed by atoms with Crippen LogP contribution in [-0.2, 0) is 10.0 Å². The van der Waals surface area contributed by atoms with Crippen LogP contribution in [0.1, 0.15) is 19.8 Å². The van der Waals surface area contributed by atoms with Crippen LogP contribution in [0.25, 0.3) is 0 Å². The van der Waals surface area contributed by atoms with Crippen molar-refractivity contribution in [1.82, 2.24) is 4.72 Å². The smallest absolute Gasteiger partial charge is 0.242 e. The summed E-state index contributed by atoms with van der Waals surface area (Å²) in [6.07, 6.45) is 1.74. The van der Waals surface area contributed by atoms with Crippen LogP contribution < -0.4 is 14.2 Å². The van der Waals surface area contributed by atoms with E-state index in [9.17, 15) is 13.7 Å². The maximum Gasteiger partial charge on any atom is 0.242 e. The molecule has 0 bridgehead atoms. The van der Waals surface area contributed by atoms with Crippen molar-refractivity contribution in [1.29, 1.82) is 5.26 Å². The van der Waals surface area contributed by atoms with E-state index in [4.69, 9.17) is 9.47 Å². The zero-order valence-electron chi connectivity index (χ0n) is 11.6. The molecule has 0 radical (unpaired) electrons. The van der Waals surface area contributed by atoms with Gasteiger partial charge < -0.3 is 9.47 Å². The largest absolute Gasteiger partial charge is 0.486 e. The van der Waals surface area contributed by atoms with Gasteiger partial charge in [-0.2, -0.15) is 9.98 Å². The van der Waals surface area contributed by atoms with Crippen LogP contribution in [-0.4, -0.2) is 27.2 Å². The number of rotatable bonds is 4. The average molecular weight is 308 g/mol. The molecular formula is C14H16N2O4S. The fourth-order valence-corrected chi connectivity index (χ4v) is 3.78. The molecule has 1 heterocycles. The maximum absolute atomic E-state index is 12.5. The topological polar surface area (TPSA) is 88.4 Å². The zero-order chi connectivity index (χ0) is 15.1. The van der Waals surface area contributed by atoms with Crippen LogP contribution in [0.3, 0.4) is 0 Å².